The molecule has 1 aromatic rings. The van der Waals surface area contributed by atoms with Gasteiger partial charge in [-0.05, 0) is 37.3 Å². The minimum atomic E-state index is -0.416. The molecule has 3 heteroatoms. The van der Waals surface area contributed by atoms with Crippen LogP contribution in [0, 0.1) is 5.92 Å². The molecule has 1 fully saturated rings. The Hall–Kier alpha value is -1.22. The third-order valence-electron chi connectivity index (χ3n) is 4.95. The second kappa shape index (κ2) is 5.28. The molecule has 1 aromatic carbocycles. The van der Waals surface area contributed by atoms with Crippen LogP contribution >= 0.6 is 0 Å². The lowest BCUT2D eigenvalue weighted by Crippen LogP contribution is -2.45. The summed E-state index contributed by atoms with van der Waals surface area (Å²) in [4.78, 5) is 0. The number of aliphatic hydroxyl groups is 1. The number of fused-ring (bicyclic) bond motifs is 1. The monoisotopic (exact) mass is 276 g/mol. The SMILES string of the molecule is CCC1CCCC2(C1)CC(O)c1ccc(OC)cc1O2. The van der Waals surface area contributed by atoms with Gasteiger partial charge in [0.15, 0.2) is 0 Å². The normalized spacial score (nSPS) is 32.5. The molecule has 20 heavy (non-hydrogen) atoms. The van der Waals surface area contributed by atoms with E-state index in [4.69, 9.17) is 9.47 Å². The Morgan fingerprint density at radius 3 is 3.00 bits per heavy atom. The minimum absolute atomic E-state index is 0.169. The summed E-state index contributed by atoms with van der Waals surface area (Å²) in [6.45, 7) is 2.25. The van der Waals surface area contributed by atoms with E-state index in [1.165, 1.54) is 19.3 Å². The van der Waals surface area contributed by atoms with E-state index >= 15 is 0 Å². The molecule has 0 saturated heterocycles. The number of benzene rings is 1. The van der Waals surface area contributed by atoms with Crippen LogP contribution in [0.15, 0.2) is 18.2 Å². The Balaban J connectivity index is 1.90. The van der Waals surface area contributed by atoms with Crippen molar-refractivity contribution in [3.63, 3.8) is 0 Å². The number of hydrogen-bond acceptors (Lipinski definition) is 3. The van der Waals surface area contributed by atoms with Gasteiger partial charge in [0.2, 0.25) is 0 Å². The van der Waals surface area contributed by atoms with E-state index in [0.717, 1.165) is 42.2 Å². The average Bonchev–Trinajstić information content (AvgIpc) is 2.46. The molecule has 0 bridgehead atoms. The van der Waals surface area contributed by atoms with Crippen molar-refractivity contribution in [2.45, 2.75) is 57.2 Å². The Morgan fingerprint density at radius 2 is 2.25 bits per heavy atom. The lowest BCUT2D eigenvalue weighted by molar-refractivity contribution is -0.0522. The van der Waals surface area contributed by atoms with Crippen LogP contribution in [0.2, 0.25) is 0 Å². The first-order valence-electron chi connectivity index (χ1n) is 7.71. The van der Waals surface area contributed by atoms with Gasteiger partial charge in [-0.1, -0.05) is 19.8 Å². The summed E-state index contributed by atoms with van der Waals surface area (Å²) in [5.41, 5.74) is 0.729. The number of aliphatic hydroxyl groups excluding tert-OH is 1. The fourth-order valence-corrected chi connectivity index (χ4v) is 3.81. The topological polar surface area (TPSA) is 38.7 Å². The van der Waals surface area contributed by atoms with E-state index in [-0.39, 0.29) is 5.60 Å². The summed E-state index contributed by atoms with van der Waals surface area (Å²) < 4.78 is 11.6. The molecular weight excluding hydrogens is 252 g/mol. The Morgan fingerprint density at radius 1 is 1.40 bits per heavy atom. The highest BCUT2D eigenvalue weighted by molar-refractivity contribution is 5.44. The molecule has 1 heterocycles. The molecule has 2 aliphatic rings. The van der Waals surface area contributed by atoms with Gasteiger partial charge in [0.05, 0.1) is 13.2 Å². The lowest BCUT2D eigenvalue weighted by atomic mass is 9.72. The van der Waals surface area contributed by atoms with Gasteiger partial charge in [0.25, 0.3) is 0 Å². The highest BCUT2D eigenvalue weighted by Crippen LogP contribution is 2.48. The van der Waals surface area contributed by atoms with Gasteiger partial charge in [-0.2, -0.15) is 0 Å². The largest absolute Gasteiger partial charge is 0.497 e. The van der Waals surface area contributed by atoms with Gasteiger partial charge in [-0.25, -0.2) is 0 Å². The summed E-state index contributed by atoms with van der Waals surface area (Å²) in [6.07, 6.45) is 6.12. The van der Waals surface area contributed by atoms with Gasteiger partial charge in [-0.15, -0.1) is 0 Å². The predicted molar refractivity (Wildman–Crippen MR) is 78.2 cm³/mol. The van der Waals surface area contributed by atoms with E-state index in [2.05, 4.69) is 6.92 Å². The second-order valence-corrected chi connectivity index (χ2v) is 6.28. The van der Waals surface area contributed by atoms with Crippen molar-refractivity contribution < 1.29 is 14.6 Å². The maximum Gasteiger partial charge on any atom is 0.129 e. The second-order valence-electron chi connectivity index (χ2n) is 6.28. The molecule has 1 spiro atoms. The molecule has 3 nitrogen and oxygen atoms in total. The number of hydrogen-bond donors (Lipinski definition) is 1. The van der Waals surface area contributed by atoms with Crippen LogP contribution in [-0.4, -0.2) is 17.8 Å². The summed E-state index contributed by atoms with van der Waals surface area (Å²) in [6, 6.07) is 5.72. The van der Waals surface area contributed by atoms with E-state index in [1.807, 2.05) is 18.2 Å². The van der Waals surface area contributed by atoms with Crippen LogP contribution in [0.1, 0.15) is 57.1 Å². The predicted octanol–water partition coefficient (Wildman–Crippen LogP) is 3.85. The average molecular weight is 276 g/mol. The molecule has 1 aliphatic carbocycles. The van der Waals surface area contributed by atoms with Crippen LogP contribution in [0.4, 0.5) is 0 Å². The molecule has 0 amide bonds. The molecule has 3 unspecified atom stereocenters. The molecule has 110 valence electrons. The van der Waals surface area contributed by atoms with Crippen LogP contribution in [0.5, 0.6) is 11.5 Å². The third-order valence-corrected chi connectivity index (χ3v) is 4.95. The van der Waals surface area contributed by atoms with Crippen LogP contribution in [0.3, 0.4) is 0 Å². The summed E-state index contributed by atoms with van der Waals surface area (Å²) in [5, 5.41) is 10.5. The van der Waals surface area contributed by atoms with Crippen LogP contribution < -0.4 is 9.47 Å². The first-order valence-corrected chi connectivity index (χ1v) is 7.71. The van der Waals surface area contributed by atoms with E-state index < -0.39 is 6.10 Å². The summed E-state index contributed by atoms with van der Waals surface area (Å²) in [5.74, 6) is 2.32. The quantitative estimate of drug-likeness (QED) is 0.891. The Bertz CT molecular complexity index is 485. The van der Waals surface area contributed by atoms with Gasteiger partial charge in [-0.3, -0.25) is 0 Å². The molecule has 1 N–H and O–H groups in total. The summed E-state index contributed by atoms with van der Waals surface area (Å²) >= 11 is 0. The van der Waals surface area contributed by atoms with Crippen molar-refractivity contribution in [3.8, 4) is 11.5 Å². The van der Waals surface area contributed by atoms with Crippen molar-refractivity contribution >= 4 is 0 Å². The fraction of sp³-hybridized carbons (Fsp3) is 0.647. The number of rotatable bonds is 2. The molecule has 1 aliphatic heterocycles. The summed E-state index contributed by atoms with van der Waals surface area (Å²) in [7, 11) is 1.66. The van der Waals surface area contributed by atoms with Crippen molar-refractivity contribution in [2.24, 2.45) is 5.92 Å². The van der Waals surface area contributed by atoms with Gasteiger partial charge >= 0.3 is 0 Å². The molecule has 0 radical (unpaired) electrons. The number of methoxy groups -OCH3 is 1. The smallest absolute Gasteiger partial charge is 0.129 e. The zero-order valence-corrected chi connectivity index (χ0v) is 12.4. The molecular formula is C17H24O3. The van der Waals surface area contributed by atoms with E-state index in [1.54, 1.807) is 7.11 Å². The maximum absolute atomic E-state index is 10.5. The van der Waals surface area contributed by atoms with E-state index in [9.17, 15) is 5.11 Å². The zero-order chi connectivity index (χ0) is 14.2. The Kier molecular flexibility index (Phi) is 3.63. The zero-order valence-electron chi connectivity index (χ0n) is 12.4. The molecule has 3 atom stereocenters. The lowest BCUT2D eigenvalue weighted by Gasteiger charge is -2.45. The number of ether oxygens (including phenoxy) is 2. The minimum Gasteiger partial charge on any atom is -0.497 e. The first kappa shape index (κ1) is 13.7. The van der Waals surface area contributed by atoms with Gasteiger partial charge in [0.1, 0.15) is 17.1 Å². The van der Waals surface area contributed by atoms with Crippen molar-refractivity contribution in [1.82, 2.24) is 0 Å². The fourth-order valence-electron chi connectivity index (χ4n) is 3.81. The Labute approximate surface area is 120 Å². The van der Waals surface area contributed by atoms with Gasteiger partial charge in [0, 0.05) is 18.1 Å². The third kappa shape index (κ3) is 2.39. The van der Waals surface area contributed by atoms with E-state index in [0.29, 0.717) is 0 Å². The highest BCUT2D eigenvalue weighted by atomic mass is 16.5. The molecule has 0 aromatic heterocycles. The van der Waals surface area contributed by atoms with Gasteiger partial charge < -0.3 is 14.6 Å². The van der Waals surface area contributed by atoms with Crippen LogP contribution in [-0.2, 0) is 0 Å². The first-order chi connectivity index (χ1) is 9.65. The standard InChI is InChI=1S/C17H24O3/c1-3-12-5-4-8-17(10-12)11-15(18)14-7-6-13(19-2)9-16(14)20-17/h6-7,9,12,15,18H,3-5,8,10-11H2,1-2H3. The van der Waals surface area contributed by atoms with Crippen LogP contribution in [0.25, 0.3) is 0 Å². The molecule has 1 saturated carbocycles. The highest BCUT2D eigenvalue weighted by Gasteiger charge is 2.43. The van der Waals surface area contributed by atoms with Crippen molar-refractivity contribution in [2.75, 3.05) is 7.11 Å². The maximum atomic E-state index is 10.5. The van der Waals surface area contributed by atoms with Crippen molar-refractivity contribution in [3.05, 3.63) is 23.8 Å². The molecule has 3 rings (SSSR count). The van der Waals surface area contributed by atoms with Crippen molar-refractivity contribution in [1.29, 1.82) is 0 Å².